The van der Waals surface area contributed by atoms with E-state index in [1.807, 2.05) is 23.7 Å². The summed E-state index contributed by atoms with van der Waals surface area (Å²) in [7, 11) is 3.48. The molecule has 2 aliphatic rings. The van der Waals surface area contributed by atoms with Crippen molar-refractivity contribution in [1.82, 2.24) is 29.6 Å². The summed E-state index contributed by atoms with van der Waals surface area (Å²) in [6.45, 7) is 6.56. The quantitative estimate of drug-likeness (QED) is 0.356. The van der Waals surface area contributed by atoms with Crippen LogP contribution in [0.25, 0.3) is 11.5 Å². The number of benzene rings is 1. The number of fused-ring (bicyclic) bond motifs is 1. The molecule has 180 valence electrons. The largest absolute Gasteiger partial charge is 0.494 e. The second kappa shape index (κ2) is 9.50. The summed E-state index contributed by atoms with van der Waals surface area (Å²) < 4.78 is 21.1. The number of ether oxygens (including phenoxy) is 1. The predicted molar refractivity (Wildman–Crippen MR) is 131 cm³/mol. The van der Waals surface area contributed by atoms with E-state index in [4.69, 9.17) is 4.74 Å². The third-order valence-corrected chi connectivity index (χ3v) is 8.17. The van der Waals surface area contributed by atoms with Gasteiger partial charge in [-0.3, -0.25) is 4.98 Å². The number of aromatic nitrogens is 5. The summed E-state index contributed by atoms with van der Waals surface area (Å²) >= 11 is 1.72. The number of thioether (sulfide) groups is 1. The van der Waals surface area contributed by atoms with Gasteiger partial charge in [0.2, 0.25) is 0 Å². The first kappa shape index (κ1) is 23.0. The van der Waals surface area contributed by atoms with Crippen LogP contribution in [0, 0.1) is 11.2 Å². The molecular weight excluding hydrogens is 453 g/mol. The number of anilines is 1. The Morgan fingerprint density at radius 3 is 2.94 bits per heavy atom. The fraction of sp³-hybridized carbons (Fsp3) is 0.500. The Morgan fingerprint density at radius 1 is 1.26 bits per heavy atom. The summed E-state index contributed by atoms with van der Waals surface area (Å²) in [6.07, 6.45) is 7.24. The van der Waals surface area contributed by atoms with E-state index in [0.717, 1.165) is 67.1 Å². The van der Waals surface area contributed by atoms with Crippen molar-refractivity contribution in [3.05, 3.63) is 42.6 Å². The first-order valence-corrected chi connectivity index (χ1v) is 12.6. The van der Waals surface area contributed by atoms with Gasteiger partial charge >= 0.3 is 0 Å². The monoisotopic (exact) mass is 483 g/mol. The number of nitrogens with zero attached hydrogens (tertiary/aromatic N) is 7. The van der Waals surface area contributed by atoms with Crippen LogP contribution in [0.15, 0.2) is 41.9 Å². The third kappa shape index (κ3) is 4.36. The summed E-state index contributed by atoms with van der Waals surface area (Å²) in [4.78, 5) is 13.4. The molecule has 3 aromatic rings. The van der Waals surface area contributed by atoms with Gasteiger partial charge in [0, 0.05) is 68.0 Å². The van der Waals surface area contributed by atoms with Gasteiger partial charge in [-0.1, -0.05) is 18.7 Å². The molecule has 0 radical (unpaired) electrons. The van der Waals surface area contributed by atoms with Gasteiger partial charge in [-0.05, 0) is 31.5 Å². The van der Waals surface area contributed by atoms with E-state index >= 15 is 0 Å². The highest BCUT2D eigenvalue weighted by Crippen LogP contribution is 2.45. The number of rotatable bonds is 8. The number of methoxy groups -OCH3 is 1. The van der Waals surface area contributed by atoms with Crippen molar-refractivity contribution in [3.8, 4) is 17.3 Å². The van der Waals surface area contributed by atoms with E-state index < -0.39 is 0 Å². The summed E-state index contributed by atoms with van der Waals surface area (Å²) in [5.74, 6) is 1.70. The van der Waals surface area contributed by atoms with Crippen LogP contribution in [-0.4, -0.2) is 74.7 Å². The van der Waals surface area contributed by atoms with Gasteiger partial charge in [0.1, 0.15) is 5.69 Å². The molecular formula is C24H30FN7OS. The number of hydrogen-bond donors (Lipinski definition) is 0. The predicted octanol–water partition coefficient (Wildman–Crippen LogP) is 3.50. The van der Waals surface area contributed by atoms with Crippen molar-refractivity contribution in [2.45, 2.75) is 31.0 Å². The molecule has 34 heavy (non-hydrogen) atoms. The molecule has 0 saturated carbocycles. The molecule has 2 aliphatic heterocycles. The Bertz CT molecular complexity index is 1140. The van der Waals surface area contributed by atoms with E-state index in [-0.39, 0.29) is 11.2 Å². The average molecular weight is 484 g/mol. The highest BCUT2D eigenvalue weighted by Gasteiger charge is 2.50. The molecule has 0 aliphatic carbocycles. The van der Waals surface area contributed by atoms with Crippen molar-refractivity contribution < 1.29 is 9.13 Å². The maximum absolute atomic E-state index is 13.9. The smallest absolute Gasteiger partial charge is 0.191 e. The molecule has 2 aromatic heterocycles. The van der Waals surface area contributed by atoms with E-state index in [9.17, 15) is 4.39 Å². The van der Waals surface area contributed by atoms with Crippen LogP contribution in [0.5, 0.6) is 5.75 Å². The number of likely N-dealkylation sites (tertiary alicyclic amines) is 1. The molecule has 2 saturated heterocycles. The van der Waals surface area contributed by atoms with E-state index in [1.165, 1.54) is 13.2 Å². The fourth-order valence-corrected chi connectivity index (χ4v) is 6.07. The van der Waals surface area contributed by atoms with E-state index in [0.29, 0.717) is 11.8 Å². The van der Waals surface area contributed by atoms with Gasteiger partial charge < -0.3 is 19.1 Å². The van der Waals surface area contributed by atoms with Crippen molar-refractivity contribution >= 4 is 17.4 Å². The Balaban J connectivity index is 1.15. The topological polar surface area (TPSA) is 72.2 Å². The van der Waals surface area contributed by atoms with Gasteiger partial charge in [0.25, 0.3) is 0 Å². The van der Waals surface area contributed by atoms with Gasteiger partial charge in [0.15, 0.2) is 22.5 Å². The molecule has 0 spiro atoms. The maximum atomic E-state index is 13.9. The van der Waals surface area contributed by atoms with Crippen LogP contribution in [0.4, 0.5) is 10.1 Å². The first-order valence-electron chi connectivity index (χ1n) is 11.6. The molecule has 4 heterocycles. The lowest BCUT2D eigenvalue weighted by molar-refractivity contribution is 0.276. The van der Waals surface area contributed by atoms with Crippen molar-refractivity contribution in [3.63, 3.8) is 0 Å². The van der Waals surface area contributed by atoms with E-state index in [2.05, 4.69) is 36.9 Å². The summed E-state index contributed by atoms with van der Waals surface area (Å²) in [5, 5.41) is 9.51. The third-order valence-electron chi connectivity index (χ3n) is 7.06. The molecule has 0 amide bonds. The number of halogens is 1. The minimum absolute atomic E-state index is 0.254. The zero-order chi connectivity index (χ0) is 23.7. The van der Waals surface area contributed by atoms with Crippen molar-refractivity contribution in [2.24, 2.45) is 12.5 Å². The van der Waals surface area contributed by atoms with Crippen LogP contribution < -0.4 is 9.64 Å². The number of hydrogen-bond acceptors (Lipinski definition) is 8. The minimum Gasteiger partial charge on any atom is -0.494 e. The molecule has 5 rings (SSSR count). The lowest BCUT2D eigenvalue weighted by atomic mass is 9.85. The van der Waals surface area contributed by atoms with Crippen LogP contribution in [0.1, 0.15) is 19.8 Å². The highest BCUT2D eigenvalue weighted by molar-refractivity contribution is 7.99. The Hall–Kier alpha value is -2.72. The SMILES string of the molecule is COc1cc(N2CCC3(C)CN(CCCSc4nnc(-c5cnccn5)n4C)C[C@@H]23)ccc1F. The Kier molecular flexibility index (Phi) is 6.44. The van der Waals surface area contributed by atoms with Crippen LogP contribution in [-0.2, 0) is 7.05 Å². The van der Waals surface area contributed by atoms with Gasteiger partial charge in [-0.15, -0.1) is 10.2 Å². The zero-order valence-electron chi connectivity index (χ0n) is 19.8. The minimum atomic E-state index is -0.314. The molecule has 0 N–H and O–H groups in total. The lowest BCUT2D eigenvalue weighted by Crippen LogP contribution is -2.37. The standard InChI is InChI=1S/C24H30FN7OS/c1-24-7-11-32(17-5-6-18(25)20(13-17)33-3)21(24)15-31(16-24)10-4-12-34-23-29-28-22(30(23)2)19-14-26-8-9-27-19/h5-6,8-9,13-14,21H,4,7,10-12,15-16H2,1-3H3/t21-,24?/m1/s1. The van der Waals surface area contributed by atoms with Gasteiger partial charge in [0.05, 0.1) is 13.3 Å². The van der Waals surface area contributed by atoms with Crippen molar-refractivity contribution in [1.29, 1.82) is 0 Å². The van der Waals surface area contributed by atoms with Crippen LogP contribution in [0.2, 0.25) is 0 Å². The van der Waals surface area contributed by atoms with E-state index in [1.54, 1.807) is 30.4 Å². The Labute approximate surface area is 203 Å². The molecule has 1 aromatic carbocycles. The first-order chi connectivity index (χ1) is 16.5. The molecule has 1 unspecified atom stereocenters. The van der Waals surface area contributed by atoms with Crippen LogP contribution >= 0.6 is 11.8 Å². The summed E-state index contributed by atoms with van der Waals surface area (Å²) in [5.41, 5.74) is 2.03. The normalized spacial score (nSPS) is 22.4. The molecule has 0 bridgehead atoms. The molecule has 2 atom stereocenters. The van der Waals surface area contributed by atoms with Crippen LogP contribution in [0.3, 0.4) is 0 Å². The maximum Gasteiger partial charge on any atom is 0.191 e. The van der Waals surface area contributed by atoms with Crippen molar-refractivity contribution in [2.75, 3.05) is 43.9 Å². The Morgan fingerprint density at radius 2 is 2.15 bits per heavy atom. The zero-order valence-corrected chi connectivity index (χ0v) is 20.6. The lowest BCUT2D eigenvalue weighted by Gasteiger charge is -2.30. The average Bonchev–Trinajstić information content (AvgIpc) is 3.47. The second-order valence-electron chi connectivity index (χ2n) is 9.33. The van der Waals surface area contributed by atoms with Gasteiger partial charge in [-0.2, -0.15) is 0 Å². The molecule has 10 heteroatoms. The highest BCUT2D eigenvalue weighted by atomic mass is 32.2. The molecule has 2 fully saturated rings. The fourth-order valence-electron chi connectivity index (χ4n) is 5.23. The molecule has 8 nitrogen and oxygen atoms in total. The summed E-state index contributed by atoms with van der Waals surface area (Å²) in [6, 6.07) is 5.65. The second-order valence-corrected chi connectivity index (χ2v) is 10.4. The van der Waals surface area contributed by atoms with Gasteiger partial charge in [-0.25, -0.2) is 9.37 Å².